The van der Waals surface area contributed by atoms with Gasteiger partial charge in [0.1, 0.15) is 0 Å². The molecule has 1 aromatic heterocycles. The van der Waals surface area contributed by atoms with Crippen molar-refractivity contribution in [3.8, 4) is 0 Å². The van der Waals surface area contributed by atoms with Crippen LogP contribution in [0.25, 0.3) is 0 Å². The Bertz CT molecular complexity index is 749. The van der Waals surface area contributed by atoms with Crippen LogP contribution in [-0.4, -0.2) is 17.7 Å². The highest BCUT2D eigenvalue weighted by Crippen LogP contribution is 2.22. The van der Waals surface area contributed by atoms with E-state index in [9.17, 15) is 14.4 Å². The molecule has 100 valence electrons. The highest BCUT2D eigenvalue weighted by atomic mass is 32.1. The molecule has 0 unspecified atom stereocenters. The molecule has 20 heavy (non-hydrogen) atoms. The molecule has 6 heteroatoms. The molecule has 1 aliphatic heterocycles. The van der Waals surface area contributed by atoms with E-state index in [1.807, 2.05) is 18.4 Å². The zero-order valence-corrected chi connectivity index (χ0v) is 11.3. The van der Waals surface area contributed by atoms with Crippen molar-refractivity contribution in [2.75, 3.05) is 5.32 Å². The number of anilines is 1. The summed E-state index contributed by atoms with van der Waals surface area (Å²) in [5.74, 6) is -1.06. The molecule has 2 aromatic rings. The first-order valence-corrected chi connectivity index (χ1v) is 6.79. The molecule has 0 radical (unpaired) electrons. The number of aryl methyl sites for hydroxylation is 1. The third-order valence-electron chi connectivity index (χ3n) is 3.06. The second-order valence-electron chi connectivity index (χ2n) is 4.43. The van der Waals surface area contributed by atoms with Crippen LogP contribution in [0.4, 0.5) is 5.69 Å². The van der Waals surface area contributed by atoms with E-state index in [2.05, 4.69) is 10.6 Å². The molecule has 0 saturated carbocycles. The third-order valence-corrected chi connectivity index (χ3v) is 4.08. The number of hydrogen-bond donors (Lipinski definition) is 2. The number of hydrogen-bond acceptors (Lipinski definition) is 4. The molecule has 0 fully saturated rings. The average Bonchev–Trinajstić information content (AvgIpc) is 2.95. The van der Waals surface area contributed by atoms with E-state index in [4.69, 9.17) is 0 Å². The summed E-state index contributed by atoms with van der Waals surface area (Å²) in [5.41, 5.74) is 2.02. The Kier molecular flexibility index (Phi) is 2.87. The molecule has 0 saturated heterocycles. The number of rotatable bonds is 2. The van der Waals surface area contributed by atoms with Crippen molar-refractivity contribution in [3.63, 3.8) is 0 Å². The average molecular weight is 286 g/mol. The van der Waals surface area contributed by atoms with Gasteiger partial charge in [0.25, 0.3) is 17.7 Å². The van der Waals surface area contributed by atoms with Gasteiger partial charge in [-0.05, 0) is 42.1 Å². The minimum atomic E-state index is -0.437. The number of carbonyl (C=O) groups is 3. The molecular formula is C14H10N2O3S. The smallest absolute Gasteiger partial charge is 0.265 e. The predicted octanol–water partition coefficient (Wildman–Crippen LogP) is 2.19. The van der Waals surface area contributed by atoms with E-state index in [0.29, 0.717) is 16.1 Å². The van der Waals surface area contributed by atoms with Gasteiger partial charge in [0, 0.05) is 5.69 Å². The largest absolute Gasteiger partial charge is 0.321 e. The van der Waals surface area contributed by atoms with Gasteiger partial charge in [-0.15, -0.1) is 11.3 Å². The maximum absolute atomic E-state index is 12.1. The van der Waals surface area contributed by atoms with Crippen LogP contribution in [-0.2, 0) is 0 Å². The highest BCUT2D eigenvalue weighted by molar-refractivity contribution is 7.12. The first-order valence-electron chi connectivity index (χ1n) is 5.91. The fraction of sp³-hybridized carbons (Fsp3) is 0.0714. The molecule has 2 N–H and O–H groups in total. The molecule has 0 aliphatic carbocycles. The van der Waals surface area contributed by atoms with E-state index < -0.39 is 11.8 Å². The van der Waals surface area contributed by atoms with Gasteiger partial charge in [0.2, 0.25) is 0 Å². The highest BCUT2D eigenvalue weighted by Gasteiger charge is 2.26. The van der Waals surface area contributed by atoms with Crippen LogP contribution in [0.5, 0.6) is 0 Å². The number of nitrogens with one attached hydrogen (secondary N) is 2. The Morgan fingerprint density at radius 2 is 1.90 bits per heavy atom. The lowest BCUT2D eigenvalue weighted by molar-refractivity contribution is 0.0878. The molecule has 0 spiro atoms. The number of imide groups is 1. The minimum absolute atomic E-state index is 0.220. The number of carbonyl (C=O) groups excluding carboxylic acids is 3. The van der Waals surface area contributed by atoms with Crippen LogP contribution in [0.3, 0.4) is 0 Å². The third kappa shape index (κ3) is 2.00. The molecule has 3 amide bonds. The molecule has 2 heterocycles. The summed E-state index contributed by atoms with van der Waals surface area (Å²) in [7, 11) is 0. The summed E-state index contributed by atoms with van der Waals surface area (Å²) in [4.78, 5) is 35.7. The molecular weight excluding hydrogens is 276 g/mol. The zero-order chi connectivity index (χ0) is 14.3. The van der Waals surface area contributed by atoms with Crippen molar-refractivity contribution in [1.29, 1.82) is 0 Å². The summed E-state index contributed by atoms with van der Waals surface area (Å²) in [6.07, 6.45) is 0. The van der Waals surface area contributed by atoms with E-state index >= 15 is 0 Å². The van der Waals surface area contributed by atoms with Crippen molar-refractivity contribution in [2.24, 2.45) is 0 Å². The zero-order valence-electron chi connectivity index (χ0n) is 10.5. The lowest BCUT2D eigenvalue weighted by Gasteiger charge is -2.05. The lowest BCUT2D eigenvalue weighted by Crippen LogP contribution is -2.19. The van der Waals surface area contributed by atoms with Crippen molar-refractivity contribution < 1.29 is 14.4 Å². The fourth-order valence-corrected chi connectivity index (χ4v) is 2.86. The van der Waals surface area contributed by atoms with Crippen LogP contribution in [0.15, 0.2) is 29.6 Å². The summed E-state index contributed by atoms with van der Waals surface area (Å²) in [5, 5.41) is 6.79. The molecule has 1 aliphatic rings. The molecule has 0 atom stereocenters. The van der Waals surface area contributed by atoms with Crippen molar-refractivity contribution in [2.45, 2.75) is 6.92 Å². The first-order chi connectivity index (χ1) is 9.56. The van der Waals surface area contributed by atoms with Gasteiger partial charge in [-0.2, -0.15) is 0 Å². The minimum Gasteiger partial charge on any atom is -0.321 e. The number of amides is 3. The fourth-order valence-electron chi connectivity index (χ4n) is 2.04. The van der Waals surface area contributed by atoms with E-state index in [-0.39, 0.29) is 11.5 Å². The van der Waals surface area contributed by atoms with E-state index in [1.165, 1.54) is 23.5 Å². The number of thiophene rings is 1. The van der Waals surface area contributed by atoms with Crippen LogP contribution >= 0.6 is 11.3 Å². The maximum atomic E-state index is 12.1. The summed E-state index contributed by atoms with van der Waals surface area (Å²) in [6.45, 7) is 1.86. The summed E-state index contributed by atoms with van der Waals surface area (Å²) >= 11 is 1.36. The quantitative estimate of drug-likeness (QED) is 0.831. The summed E-state index contributed by atoms with van der Waals surface area (Å²) < 4.78 is 0. The predicted molar refractivity (Wildman–Crippen MR) is 75.2 cm³/mol. The van der Waals surface area contributed by atoms with Crippen LogP contribution in [0.1, 0.15) is 36.0 Å². The molecule has 3 rings (SSSR count). The molecule has 1 aromatic carbocycles. The van der Waals surface area contributed by atoms with Gasteiger partial charge in [-0.25, -0.2) is 0 Å². The van der Waals surface area contributed by atoms with Crippen LogP contribution in [0.2, 0.25) is 0 Å². The Morgan fingerprint density at radius 3 is 2.60 bits per heavy atom. The number of fused-ring (bicyclic) bond motifs is 1. The second-order valence-corrected chi connectivity index (χ2v) is 5.35. The first kappa shape index (κ1) is 12.6. The van der Waals surface area contributed by atoms with Gasteiger partial charge < -0.3 is 5.32 Å². The Morgan fingerprint density at radius 1 is 1.15 bits per heavy atom. The standard InChI is InChI=1S/C14H10N2O3S/c1-7-4-5-20-11(7)14(19)15-8-2-3-9-10(6-8)13(18)16-12(9)17/h2-6H,1H3,(H,15,19)(H,16,17,18). The lowest BCUT2D eigenvalue weighted by atomic mass is 10.1. The van der Waals surface area contributed by atoms with Gasteiger partial charge >= 0.3 is 0 Å². The Labute approximate surface area is 118 Å². The normalized spacial score (nSPS) is 13.1. The van der Waals surface area contributed by atoms with Gasteiger partial charge in [-0.1, -0.05) is 0 Å². The van der Waals surface area contributed by atoms with Crippen molar-refractivity contribution in [1.82, 2.24) is 5.32 Å². The monoisotopic (exact) mass is 286 g/mol. The van der Waals surface area contributed by atoms with Crippen molar-refractivity contribution in [3.05, 3.63) is 51.2 Å². The van der Waals surface area contributed by atoms with Gasteiger partial charge in [0.15, 0.2) is 0 Å². The van der Waals surface area contributed by atoms with Gasteiger partial charge in [-0.3, -0.25) is 19.7 Å². The van der Waals surface area contributed by atoms with Crippen molar-refractivity contribution >= 4 is 34.7 Å². The van der Waals surface area contributed by atoms with Crippen LogP contribution < -0.4 is 10.6 Å². The van der Waals surface area contributed by atoms with Gasteiger partial charge in [0.05, 0.1) is 16.0 Å². The van der Waals surface area contributed by atoms with Crippen LogP contribution in [0, 0.1) is 6.92 Å². The van der Waals surface area contributed by atoms with E-state index in [0.717, 1.165) is 5.56 Å². The molecule has 0 bridgehead atoms. The Hall–Kier alpha value is -2.47. The van der Waals surface area contributed by atoms with E-state index in [1.54, 1.807) is 6.07 Å². The second kappa shape index (κ2) is 4.57. The Balaban J connectivity index is 1.88. The summed E-state index contributed by atoms with van der Waals surface area (Å²) in [6, 6.07) is 6.52. The molecule has 5 nitrogen and oxygen atoms in total. The topological polar surface area (TPSA) is 75.3 Å². The number of benzene rings is 1. The maximum Gasteiger partial charge on any atom is 0.265 e. The SMILES string of the molecule is Cc1ccsc1C(=O)Nc1ccc2c(c1)C(=O)NC2=O.